The van der Waals surface area contributed by atoms with Crippen LogP contribution >= 0.6 is 11.6 Å². The van der Waals surface area contributed by atoms with E-state index in [1.807, 2.05) is 0 Å². The summed E-state index contributed by atoms with van der Waals surface area (Å²) in [4.78, 5) is 14.0. The molecule has 0 aliphatic carbocycles. The fraction of sp³-hybridized carbons (Fsp3) is 0.235. The van der Waals surface area contributed by atoms with Crippen LogP contribution in [-0.4, -0.2) is 32.5 Å². The van der Waals surface area contributed by atoms with Crippen molar-refractivity contribution in [2.45, 2.75) is 17.9 Å². The average molecular weight is 370 g/mol. The average Bonchev–Trinajstić information content (AvgIpc) is 2.53. The molecule has 0 bridgehead atoms. The van der Waals surface area contributed by atoms with E-state index < -0.39 is 9.84 Å². The molecule has 0 heterocycles. The van der Waals surface area contributed by atoms with Crippen molar-refractivity contribution in [3.63, 3.8) is 0 Å². The fourth-order valence-corrected chi connectivity index (χ4v) is 3.57. The zero-order valence-electron chi connectivity index (χ0n) is 13.5. The van der Waals surface area contributed by atoms with Crippen LogP contribution in [-0.2, 0) is 9.84 Å². The van der Waals surface area contributed by atoms with E-state index in [2.05, 4.69) is 0 Å². The molecule has 0 N–H and O–H groups in total. The summed E-state index contributed by atoms with van der Waals surface area (Å²) in [6.45, 7) is 1.80. The number of hydrogen-bond donors (Lipinski definition) is 0. The van der Waals surface area contributed by atoms with Crippen molar-refractivity contribution in [2.75, 3.05) is 13.3 Å². The van der Waals surface area contributed by atoms with E-state index in [0.29, 0.717) is 0 Å². The lowest BCUT2D eigenvalue weighted by Gasteiger charge is -2.25. The highest BCUT2D eigenvalue weighted by molar-refractivity contribution is 7.90. The molecule has 7 heteroatoms. The van der Waals surface area contributed by atoms with Gasteiger partial charge in [0, 0.05) is 18.9 Å². The number of halogens is 2. The maximum atomic E-state index is 13.0. The van der Waals surface area contributed by atoms with Crippen LogP contribution in [0.5, 0.6) is 0 Å². The second-order valence-corrected chi connectivity index (χ2v) is 7.95. The Kier molecular flexibility index (Phi) is 5.30. The number of sulfone groups is 1. The zero-order valence-corrected chi connectivity index (χ0v) is 15.0. The van der Waals surface area contributed by atoms with E-state index in [4.69, 9.17) is 11.6 Å². The third kappa shape index (κ3) is 3.94. The Labute approximate surface area is 145 Å². The van der Waals surface area contributed by atoms with Gasteiger partial charge in [-0.15, -0.1) is 0 Å². The van der Waals surface area contributed by atoms with Crippen molar-refractivity contribution in [1.82, 2.24) is 4.90 Å². The third-order valence-corrected chi connectivity index (χ3v) is 5.41. The molecule has 1 atom stereocenters. The van der Waals surface area contributed by atoms with Gasteiger partial charge in [0.2, 0.25) is 0 Å². The number of hydrogen-bond acceptors (Lipinski definition) is 3. The largest absolute Gasteiger partial charge is 0.335 e. The molecule has 0 fully saturated rings. The molecule has 24 heavy (non-hydrogen) atoms. The van der Waals surface area contributed by atoms with Crippen molar-refractivity contribution in [3.05, 3.63) is 64.4 Å². The number of carbonyl (C=O) groups excluding carboxylic acids is 1. The zero-order chi connectivity index (χ0) is 18.1. The molecule has 0 saturated heterocycles. The molecule has 4 nitrogen and oxygen atoms in total. The molecule has 1 unspecified atom stereocenters. The summed E-state index contributed by atoms with van der Waals surface area (Å²) in [7, 11) is -1.93. The lowest BCUT2D eigenvalue weighted by atomic mass is 10.1. The van der Waals surface area contributed by atoms with Crippen molar-refractivity contribution < 1.29 is 17.6 Å². The van der Waals surface area contributed by atoms with Crippen molar-refractivity contribution in [2.24, 2.45) is 0 Å². The third-order valence-electron chi connectivity index (χ3n) is 3.83. The maximum absolute atomic E-state index is 13.0. The van der Waals surface area contributed by atoms with Gasteiger partial charge in [-0.1, -0.05) is 23.7 Å². The van der Waals surface area contributed by atoms with E-state index in [-0.39, 0.29) is 33.2 Å². The highest BCUT2D eigenvalue weighted by Gasteiger charge is 2.21. The summed E-state index contributed by atoms with van der Waals surface area (Å²) in [6.07, 6.45) is 1.04. The number of rotatable bonds is 4. The standard InChI is InChI=1S/C17H17ClFNO3S/c1-11(12-4-7-14(19)8-5-12)20(2)17(21)13-6-9-15(18)16(10-13)24(3,22)23/h4-11H,1-3H3. The van der Waals surface area contributed by atoms with Crippen LogP contribution in [0.25, 0.3) is 0 Å². The van der Waals surface area contributed by atoms with E-state index in [1.54, 1.807) is 26.1 Å². The molecule has 0 spiro atoms. The summed E-state index contributed by atoms with van der Waals surface area (Å²) in [6, 6.07) is 9.70. The Morgan fingerprint density at radius 3 is 2.29 bits per heavy atom. The highest BCUT2D eigenvalue weighted by atomic mass is 35.5. The van der Waals surface area contributed by atoms with E-state index in [1.165, 1.54) is 35.2 Å². The lowest BCUT2D eigenvalue weighted by molar-refractivity contribution is 0.0742. The fourth-order valence-electron chi connectivity index (χ4n) is 2.26. The van der Waals surface area contributed by atoms with Crippen molar-refractivity contribution in [3.8, 4) is 0 Å². The Balaban J connectivity index is 2.32. The van der Waals surface area contributed by atoms with Crippen LogP contribution in [0.1, 0.15) is 28.9 Å². The summed E-state index contributed by atoms with van der Waals surface area (Å²) in [5.74, 6) is -0.705. The second-order valence-electron chi connectivity index (χ2n) is 5.56. The monoisotopic (exact) mass is 369 g/mol. The quantitative estimate of drug-likeness (QED) is 0.825. The Hall–Kier alpha value is -1.92. The van der Waals surface area contributed by atoms with Gasteiger partial charge in [-0.2, -0.15) is 0 Å². The first-order valence-corrected chi connectivity index (χ1v) is 9.40. The Morgan fingerprint density at radius 1 is 1.17 bits per heavy atom. The number of carbonyl (C=O) groups is 1. The van der Waals surface area contributed by atoms with E-state index >= 15 is 0 Å². The number of nitrogens with zero attached hydrogens (tertiary/aromatic N) is 1. The summed E-state index contributed by atoms with van der Waals surface area (Å²) in [5.41, 5.74) is 0.987. The van der Waals surface area contributed by atoms with Crippen LogP contribution in [0.2, 0.25) is 5.02 Å². The highest BCUT2D eigenvalue weighted by Crippen LogP contribution is 2.25. The van der Waals surface area contributed by atoms with Gasteiger partial charge in [-0.3, -0.25) is 4.79 Å². The predicted octanol–water partition coefficient (Wildman–Crippen LogP) is 3.72. The molecule has 0 radical (unpaired) electrons. The maximum Gasteiger partial charge on any atom is 0.254 e. The smallest absolute Gasteiger partial charge is 0.254 e. The van der Waals surface area contributed by atoms with Crippen molar-refractivity contribution >= 4 is 27.3 Å². The van der Waals surface area contributed by atoms with Gasteiger partial charge >= 0.3 is 0 Å². The first-order chi connectivity index (χ1) is 11.1. The molecule has 0 aliphatic heterocycles. The summed E-state index contributed by atoms with van der Waals surface area (Å²) in [5, 5.41) is 0.0725. The Bertz CT molecular complexity index is 866. The predicted molar refractivity (Wildman–Crippen MR) is 91.5 cm³/mol. The van der Waals surface area contributed by atoms with Gasteiger partial charge in [0.05, 0.1) is 16.0 Å². The molecular formula is C17H17ClFNO3S. The molecule has 2 aromatic rings. The van der Waals surface area contributed by atoms with Gasteiger partial charge in [0.25, 0.3) is 5.91 Å². The van der Waals surface area contributed by atoms with Gasteiger partial charge in [0.15, 0.2) is 9.84 Å². The van der Waals surface area contributed by atoms with Crippen molar-refractivity contribution in [1.29, 1.82) is 0 Å². The van der Waals surface area contributed by atoms with Crippen LogP contribution in [0.4, 0.5) is 4.39 Å². The van der Waals surface area contributed by atoms with Crippen LogP contribution in [0.3, 0.4) is 0 Å². The molecule has 0 saturated carbocycles. The van der Waals surface area contributed by atoms with Crippen LogP contribution in [0, 0.1) is 5.82 Å². The molecule has 0 aromatic heterocycles. The van der Waals surface area contributed by atoms with Gasteiger partial charge in [-0.05, 0) is 42.8 Å². The molecule has 0 aliphatic rings. The SMILES string of the molecule is CC(c1ccc(F)cc1)N(C)C(=O)c1ccc(Cl)c(S(C)(=O)=O)c1. The molecule has 1 amide bonds. The topological polar surface area (TPSA) is 54.5 Å². The summed E-state index contributed by atoms with van der Waals surface area (Å²) < 4.78 is 36.5. The first kappa shape index (κ1) is 18.4. The van der Waals surface area contributed by atoms with Gasteiger partial charge in [-0.25, -0.2) is 12.8 Å². The molecule has 2 rings (SSSR count). The molecule has 2 aromatic carbocycles. The van der Waals surface area contributed by atoms with E-state index in [9.17, 15) is 17.6 Å². The van der Waals surface area contributed by atoms with Crippen LogP contribution in [0.15, 0.2) is 47.4 Å². The number of benzene rings is 2. The first-order valence-electron chi connectivity index (χ1n) is 7.13. The lowest BCUT2D eigenvalue weighted by Crippen LogP contribution is -2.29. The minimum Gasteiger partial charge on any atom is -0.335 e. The Morgan fingerprint density at radius 2 is 1.75 bits per heavy atom. The van der Waals surface area contributed by atoms with Gasteiger partial charge in [0.1, 0.15) is 5.82 Å². The number of amides is 1. The minimum atomic E-state index is -3.54. The van der Waals surface area contributed by atoms with Crippen LogP contribution < -0.4 is 0 Å². The second kappa shape index (κ2) is 6.91. The minimum absolute atomic E-state index is 0.0725. The normalized spacial score (nSPS) is 12.7. The molecule has 128 valence electrons. The van der Waals surface area contributed by atoms with E-state index in [0.717, 1.165) is 11.8 Å². The van der Waals surface area contributed by atoms with Gasteiger partial charge < -0.3 is 4.90 Å². The summed E-state index contributed by atoms with van der Waals surface area (Å²) >= 11 is 5.90. The molecular weight excluding hydrogens is 353 g/mol.